The Bertz CT molecular complexity index is 1080. The summed E-state index contributed by atoms with van der Waals surface area (Å²) in [6.07, 6.45) is -3.30. The predicted molar refractivity (Wildman–Crippen MR) is 122 cm³/mol. The third-order valence-corrected chi connectivity index (χ3v) is 5.78. The number of carbonyl (C=O) groups is 2. The highest BCUT2D eigenvalue weighted by Gasteiger charge is 2.38. The second-order valence-corrected chi connectivity index (χ2v) is 8.93. The number of aryl methyl sites for hydroxylation is 1. The van der Waals surface area contributed by atoms with Crippen LogP contribution in [0.25, 0.3) is 0 Å². The van der Waals surface area contributed by atoms with E-state index < -0.39 is 28.1 Å². The van der Waals surface area contributed by atoms with E-state index >= 15 is 0 Å². The number of rotatable bonds is 9. The van der Waals surface area contributed by atoms with Crippen LogP contribution in [0.15, 0.2) is 47.4 Å². The summed E-state index contributed by atoms with van der Waals surface area (Å²) in [7, 11) is -3.78. The van der Waals surface area contributed by atoms with Gasteiger partial charge in [0.05, 0.1) is 16.1 Å². The van der Waals surface area contributed by atoms with Gasteiger partial charge in [-0.05, 0) is 50.1 Å². The van der Waals surface area contributed by atoms with Crippen LogP contribution in [0.4, 0.5) is 24.5 Å². The molecule has 0 spiro atoms. The molecule has 2 rings (SSSR count). The first-order chi connectivity index (χ1) is 15.7. The van der Waals surface area contributed by atoms with Crippen LogP contribution in [-0.4, -0.2) is 49.8 Å². The Hall–Kier alpha value is -3.28. The summed E-state index contributed by atoms with van der Waals surface area (Å²) in [5.74, 6) is -3.84. The normalized spacial score (nSPS) is 11.2. The molecule has 2 aromatic carbocycles. The predicted octanol–water partition coefficient (Wildman–Crippen LogP) is 4.75. The van der Waals surface area contributed by atoms with Gasteiger partial charge in [0.25, 0.3) is 10.0 Å². The summed E-state index contributed by atoms with van der Waals surface area (Å²) >= 11 is 0. The summed E-state index contributed by atoms with van der Waals surface area (Å²) < 4.78 is 59.3. The van der Waals surface area contributed by atoms with E-state index in [0.29, 0.717) is 5.69 Å². The number of anilines is 2. The second-order valence-electron chi connectivity index (χ2n) is 7.25. The van der Waals surface area contributed by atoms with Crippen LogP contribution < -0.4 is 9.62 Å². The van der Waals surface area contributed by atoms with Gasteiger partial charge in [-0.15, -0.1) is 0 Å². The number of benzene rings is 2. The van der Waals surface area contributed by atoms with Crippen LogP contribution in [0.3, 0.4) is 0 Å². The molecule has 2 aromatic rings. The van der Waals surface area contributed by atoms with Gasteiger partial charge >= 0.3 is 18.1 Å². The van der Waals surface area contributed by atoms with Crippen molar-refractivity contribution in [2.24, 2.45) is 0 Å². The number of aliphatic carboxylic acids is 1. The number of carboxylic acids is 2. The minimum absolute atomic E-state index is 0.0843. The number of aromatic carboxylic acids is 1. The number of nitrogens with one attached hydrogen (secondary N) is 1. The molecule has 0 amide bonds. The Balaban J connectivity index is 0.000000718. The first-order valence-electron chi connectivity index (χ1n) is 10.2. The largest absolute Gasteiger partial charge is 0.490 e. The van der Waals surface area contributed by atoms with Crippen molar-refractivity contribution >= 4 is 33.3 Å². The number of halogens is 3. The molecule has 0 fully saturated rings. The third kappa shape index (κ3) is 8.58. The molecule has 12 heteroatoms. The fourth-order valence-corrected chi connectivity index (χ4v) is 3.92. The highest BCUT2D eigenvalue weighted by molar-refractivity contribution is 7.92. The molecule has 0 bridgehead atoms. The minimum Gasteiger partial charge on any atom is -0.478 e. The van der Waals surface area contributed by atoms with Gasteiger partial charge in [0, 0.05) is 18.8 Å². The molecular weight excluding hydrogens is 477 g/mol. The Morgan fingerprint density at radius 1 is 0.971 bits per heavy atom. The molecular formula is C22H27F3N2O6S. The van der Waals surface area contributed by atoms with E-state index in [1.165, 1.54) is 18.2 Å². The molecule has 0 saturated carbocycles. The Morgan fingerprint density at radius 3 is 1.88 bits per heavy atom. The van der Waals surface area contributed by atoms with E-state index in [1.807, 2.05) is 25.7 Å². The van der Waals surface area contributed by atoms with Gasteiger partial charge in [-0.2, -0.15) is 13.2 Å². The van der Waals surface area contributed by atoms with Crippen LogP contribution >= 0.6 is 0 Å². The van der Waals surface area contributed by atoms with Crippen LogP contribution in [-0.2, 0) is 14.8 Å². The van der Waals surface area contributed by atoms with Crippen LogP contribution in [0.1, 0.15) is 42.6 Å². The summed E-state index contributed by atoms with van der Waals surface area (Å²) in [6.45, 7) is 7.42. The molecule has 0 unspecified atom stereocenters. The first kappa shape index (κ1) is 28.8. The lowest BCUT2D eigenvalue weighted by Gasteiger charge is -2.25. The van der Waals surface area contributed by atoms with Crippen LogP contribution in [0.2, 0.25) is 0 Å². The average Bonchev–Trinajstić information content (AvgIpc) is 2.73. The van der Waals surface area contributed by atoms with E-state index in [4.69, 9.17) is 9.90 Å². The molecule has 0 aliphatic heterocycles. The molecule has 0 radical (unpaired) electrons. The Kier molecular flexibility index (Phi) is 10.4. The van der Waals surface area contributed by atoms with Gasteiger partial charge in [-0.25, -0.2) is 18.0 Å². The van der Waals surface area contributed by atoms with Gasteiger partial charge in [-0.1, -0.05) is 31.5 Å². The van der Waals surface area contributed by atoms with Crippen molar-refractivity contribution in [1.82, 2.24) is 0 Å². The van der Waals surface area contributed by atoms with Gasteiger partial charge in [0.15, 0.2) is 0 Å². The van der Waals surface area contributed by atoms with E-state index in [1.54, 1.807) is 24.3 Å². The molecule has 8 nitrogen and oxygen atoms in total. The monoisotopic (exact) mass is 504 g/mol. The minimum atomic E-state index is -5.08. The summed E-state index contributed by atoms with van der Waals surface area (Å²) in [4.78, 5) is 22.8. The van der Waals surface area contributed by atoms with Crippen molar-refractivity contribution < 1.29 is 41.4 Å². The van der Waals surface area contributed by atoms with Crippen molar-refractivity contribution in [3.8, 4) is 0 Å². The van der Waals surface area contributed by atoms with Crippen LogP contribution in [0.5, 0.6) is 0 Å². The lowest BCUT2D eigenvalue weighted by Crippen LogP contribution is -2.27. The number of carboxylic acid groups (broad SMARTS) is 2. The Labute approximate surface area is 196 Å². The highest BCUT2D eigenvalue weighted by atomic mass is 32.2. The first-order valence-corrected chi connectivity index (χ1v) is 11.7. The molecule has 0 atom stereocenters. The third-order valence-electron chi connectivity index (χ3n) is 4.38. The highest BCUT2D eigenvalue weighted by Crippen LogP contribution is 2.27. The van der Waals surface area contributed by atoms with E-state index in [2.05, 4.69) is 4.72 Å². The van der Waals surface area contributed by atoms with Crippen molar-refractivity contribution in [1.29, 1.82) is 0 Å². The van der Waals surface area contributed by atoms with E-state index in [9.17, 15) is 31.5 Å². The Morgan fingerprint density at radius 2 is 1.47 bits per heavy atom. The lowest BCUT2D eigenvalue weighted by atomic mass is 10.1. The van der Waals surface area contributed by atoms with Gasteiger partial charge in [0.1, 0.15) is 0 Å². The smallest absolute Gasteiger partial charge is 0.478 e. The number of nitrogens with zero attached hydrogens (tertiary/aromatic N) is 1. The van der Waals surface area contributed by atoms with Gasteiger partial charge < -0.3 is 15.1 Å². The number of sulfonamides is 1. The van der Waals surface area contributed by atoms with Crippen molar-refractivity contribution in [2.45, 2.75) is 44.7 Å². The fourth-order valence-electron chi connectivity index (χ4n) is 2.87. The maximum atomic E-state index is 12.5. The maximum Gasteiger partial charge on any atom is 0.490 e. The van der Waals surface area contributed by atoms with Crippen LogP contribution in [0, 0.1) is 6.92 Å². The zero-order valence-corrected chi connectivity index (χ0v) is 19.7. The molecule has 3 N–H and O–H groups in total. The molecule has 0 aromatic heterocycles. The second kappa shape index (κ2) is 12.3. The SMILES string of the molecule is CCCN(CCC)c1ccc(NS(=O)(=O)c2ccc(C)cc2)cc1C(=O)O.O=C(O)C(F)(F)F. The molecule has 0 heterocycles. The molecule has 0 aliphatic rings. The molecule has 34 heavy (non-hydrogen) atoms. The summed E-state index contributed by atoms with van der Waals surface area (Å²) in [5, 5.41) is 16.7. The summed E-state index contributed by atoms with van der Waals surface area (Å²) in [6, 6.07) is 11.1. The topological polar surface area (TPSA) is 124 Å². The average molecular weight is 505 g/mol. The molecule has 0 saturated heterocycles. The number of alkyl halides is 3. The van der Waals surface area contributed by atoms with Crippen molar-refractivity contribution in [3.63, 3.8) is 0 Å². The molecule has 188 valence electrons. The fraction of sp³-hybridized carbons (Fsp3) is 0.364. The number of hydrogen-bond donors (Lipinski definition) is 3. The zero-order chi connectivity index (χ0) is 26.1. The maximum absolute atomic E-state index is 12.5. The zero-order valence-electron chi connectivity index (χ0n) is 18.9. The van der Waals surface area contributed by atoms with Gasteiger partial charge in [0.2, 0.25) is 0 Å². The standard InChI is InChI=1S/C20H26N2O4S.C2HF3O2/c1-4-12-22(13-5-2)19-11-8-16(14-18(19)20(23)24)21-27(25,26)17-9-6-15(3)7-10-17;3-2(4,5)1(6)7/h6-11,14,21H,4-5,12-13H2,1-3H3,(H,23,24);(H,6,7). The van der Waals surface area contributed by atoms with E-state index in [0.717, 1.165) is 31.5 Å². The van der Waals surface area contributed by atoms with Gasteiger partial charge in [-0.3, -0.25) is 4.72 Å². The van der Waals surface area contributed by atoms with E-state index in [-0.39, 0.29) is 16.1 Å². The summed E-state index contributed by atoms with van der Waals surface area (Å²) in [5.41, 5.74) is 1.87. The van der Waals surface area contributed by atoms with Crippen molar-refractivity contribution in [3.05, 3.63) is 53.6 Å². The van der Waals surface area contributed by atoms with Crippen molar-refractivity contribution in [2.75, 3.05) is 22.7 Å². The molecule has 0 aliphatic carbocycles. The number of hydrogen-bond acceptors (Lipinski definition) is 5. The lowest BCUT2D eigenvalue weighted by molar-refractivity contribution is -0.192. The quantitative estimate of drug-likeness (QED) is 0.450.